The lowest BCUT2D eigenvalue weighted by molar-refractivity contribution is -0.0129. The van der Waals surface area contributed by atoms with E-state index in [1.807, 2.05) is 61.7 Å². The average Bonchev–Trinajstić information content (AvgIpc) is 2.84. The van der Waals surface area contributed by atoms with Gasteiger partial charge in [-0.3, -0.25) is 4.79 Å². The van der Waals surface area contributed by atoms with Crippen molar-refractivity contribution in [1.29, 1.82) is 0 Å². The van der Waals surface area contributed by atoms with Crippen molar-refractivity contribution in [1.82, 2.24) is 4.57 Å². The van der Waals surface area contributed by atoms with Crippen molar-refractivity contribution >= 4 is 17.6 Å². The molecular weight excluding hydrogens is 494 g/mol. The molecule has 196 valence electrons. The van der Waals surface area contributed by atoms with Crippen LogP contribution in [0, 0.1) is 0 Å². The summed E-state index contributed by atoms with van der Waals surface area (Å²) in [5.41, 5.74) is 2.90. The molecule has 1 atom stereocenters. The molecule has 2 heterocycles. The molecule has 2 aromatic carbocycles. The fourth-order valence-electron chi connectivity index (χ4n) is 4.50. The minimum atomic E-state index is -1.25. The maximum absolute atomic E-state index is 12.7. The van der Waals surface area contributed by atoms with E-state index in [-0.39, 0.29) is 17.1 Å². The molecule has 0 bridgehead atoms. The quantitative estimate of drug-likeness (QED) is 0.352. The lowest BCUT2D eigenvalue weighted by Crippen LogP contribution is -2.29. The number of pyridine rings is 1. The zero-order valence-corrected chi connectivity index (χ0v) is 22.3. The summed E-state index contributed by atoms with van der Waals surface area (Å²) in [7, 11) is 1.66. The number of rotatable bonds is 9. The number of halogens is 1. The number of hydrogen-bond donors (Lipinski definition) is 1. The van der Waals surface area contributed by atoms with Gasteiger partial charge in [-0.25, -0.2) is 4.79 Å². The van der Waals surface area contributed by atoms with Crippen LogP contribution in [-0.2, 0) is 16.0 Å². The Balaban J connectivity index is 1.91. The number of carboxylic acids is 1. The average molecular weight is 526 g/mol. The summed E-state index contributed by atoms with van der Waals surface area (Å²) in [4.78, 5) is 24.4. The van der Waals surface area contributed by atoms with E-state index in [0.717, 1.165) is 28.7 Å². The van der Waals surface area contributed by atoms with E-state index in [4.69, 9.17) is 25.8 Å². The molecule has 1 aliphatic heterocycles. The Labute approximate surface area is 221 Å². The van der Waals surface area contributed by atoms with Crippen LogP contribution in [0.1, 0.15) is 49.0 Å². The zero-order valence-electron chi connectivity index (χ0n) is 21.5. The molecule has 0 spiro atoms. The van der Waals surface area contributed by atoms with Crippen LogP contribution < -0.4 is 10.2 Å². The summed E-state index contributed by atoms with van der Waals surface area (Å²) in [5.74, 6) is -0.653. The molecule has 7 nitrogen and oxygen atoms in total. The monoisotopic (exact) mass is 525 g/mol. The van der Waals surface area contributed by atoms with Gasteiger partial charge in [0.2, 0.25) is 0 Å². The highest BCUT2D eigenvalue weighted by molar-refractivity contribution is 6.33. The second-order valence-electron chi connectivity index (χ2n) is 10.1. The highest BCUT2D eigenvalue weighted by Crippen LogP contribution is 2.44. The summed E-state index contributed by atoms with van der Waals surface area (Å²) >= 11 is 6.59. The number of fused-ring (bicyclic) bond motifs is 3. The Morgan fingerprint density at radius 1 is 1.11 bits per heavy atom. The van der Waals surface area contributed by atoms with Crippen molar-refractivity contribution in [3.8, 4) is 28.1 Å². The van der Waals surface area contributed by atoms with Crippen molar-refractivity contribution < 1.29 is 24.1 Å². The molecule has 0 radical (unpaired) electrons. The number of methoxy groups -OCH3 is 1. The van der Waals surface area contributed by atoms with E-state index < -0.39 is 11.4 Å². The number of ether oxygens (including phenoxy) is 3. The van der Waals surface area contributed by atoms with E-state index in [0.29, 0.717) is 42.8 Å². The van der Waals surface area contributed by atoms with Gasteiger partial charge in [-0.05, 0) is 44.5 Å². The number of benzene rings is 2. The zero-order chi connectivity index (χ0) is 26.7. The highest BCUT2D eigenvalue weighted by Gasteiger charge is 2.30. The van der Waals surface area contributed by atoms with E-state index in [1.54, 1.807) is 7.11 Å². The van der Waals surface area contributed by atoms with Crippen molar-refractivity contribution in [2.24, 2.45) is 0 Å². The summed E-state index contributed by atoms with van der Waals surface area (Å²) in [5, 5.41) is 10.1. The SMILES string of the molecule is COCCCOc1cc2c(cc1-c1ccccc1Cl)-c1cc(=O)c(C(=O)O)cn1C[C@@H]2COC(C)(C)C. The number of aromatic nitrogens is 1. The maximum Gasteiger partial charge on any atom is 0.341 e. The van der Waals surface area contributed by atoms with Crippen LogP contribution in [0.2, 0.25) is 5.02 Å². The smallest absolute Gasteiger partial charge is 0.341 e. The first kappa shape index (κ1) is 26.9. The van der Waals surface area contributed by atoms with Gasteiger partial charge in [0.05, 0.1) is 24.5 Å². The normalized spacial score (nSPS) is 14.7. The molecule has 0 saturated carbocycles. The summed E-state index contributed by atoms with van der Waals surface area (Å²) in [6.07, 6.45) is 2.15. The van der Waals surface area contributed by atoms with Crippen molar-refractivity contribution in [2.45, 2.75) is 45.3 Å². The van der Waals surface area contributed by atoms with Crippen LogP contribution in [-0.4, -0.2) is 48.2 Å². The Morgan fingerprint density at radius 3 is 2.54 bits per heavy atom. The number of carbonyl (C=O) groups is 1. The third kappa shape index (κ3) is 6.06. The maximum atomic E-state index is 12.7. The summed E-state index contributed by atoms with van der Waals surface area (Å²) in [6.45, 7) is 7.91. The van der Waals surface area contributed by atoms with E-state index >= 15 is 0 Å². The van der Waals surface area contributed by atoms with Gasteiger partial charge in [-0.1, -0.05) is 29.8 Å². The van der Waals surface area contributed by atoms with Gasteiger partial charge in [-0.2, -0.15) is 0 Å². The Bertz CT molecular complexity index is 1360. The third-order valence-electron chi connectivity index (χ3n) is 6.27. The number of carboxylic acid groups (broad SMARTS) is 1. The van der Waals surface area contributed by atoms with Gasteiger partial charge in [0.15, 0.2) is 5.43 Å². The topological polar surface area (TPSA) is 87.0 Å². The first-order valence-electron chi connectivity index (χ1n) is 12.3. The minimum absolute atomic E-state index is 0.0903. The number of hydrogen-bond acceptors (Lipinski definition) is 5. The van der Waals surface area contributed by atoms with Gasteiger partial charge >= 0.3 is 5.97 Å². The Hall–Kier alpha value is -3.13. The van der Waals surface area contributed by atoms with Crippen LogP contribution >= 0.6 is 11.6 Å². The molecule has 0 saturated heterocycles. The fourth-order valence-corrected chi connectivity index (χ4v) is 4.73. The number of nitrogens with zero attached hydrogens (tertiary/aromatic N) is 1. The molecule has 1 aromatic heterocycles. The first-order valence-corrected chi connectivity index (χ1v) is 12.6. The molecule has 4 rings (SSSR count). The van der Waals surface area contributed by atoms with Gasteiger partial charge in [0.25, 0.3) is 0 Å². The lowest BCUT2D eigenvalue weighted by Gasteiger charge is -2.33. The van der Waals surface area contributed by atoms with Crippen LogP contribution in [0.15, 0.2) is 53.5 Å². The van der Waals surface area contributed by atoms with Crippen LogP contribution in [0.3, 0.4) is 0 Å². The fraction of sp³-hybridized carbons (Fsp3) is 0.379. The van der Waals surface area contributed by atoms with Crippen LogP contribution in [0.25, 0.3) is 22.4 Å². The molecule has 8 heteroatoms. The van der Waals surface area contributed by atoms with E-state index in [1.165, 1.54) is 12.3 Å². The molecular formula is C29H32ClNO6. The molecule has 3 aromatic rings. The molecule has 1 N–H and O–H groups in total. The van der Waals surface area contributed by atoms with Gasteiger partial charge in [-0.15, -0.1) is 0 Å². The van der Waals surface area contributed by atoms with Crippen molar-refractivity contribution in [3.63, 3.8) is 0 Å². The lowest BCUT2D eigenvalue weighted by atomic mass is 9.86. The van der Waals surface area contributed by atoms with Gasteiger partial charge in [0.1, 0.15) is 11.3 Å². The summed E-state index contributed by atoms with van der Waals surface area (Å²) < 4.78 is 19.4. The second kappa shape index (κ2) is 11.1. The molecule has 0 amide bonds. The Morgan fingerprint density at radius 2 is 1.86 bits per heavy atom. The predicted molar refractivity (Wildman–Crippen MR) is 144 cm³/mol. The molecule has 0 fully saturated rings. The van der Waals surface area contributed by atoms with Gasteiger partial charge < -0.3 is 23.9 Å². The summed E-state index contributed by atoms with van der Waals surface area (Å²) in [6, 6.07) is 12.9. The molecule has 37 heavy (non-hydrogen) atoms. The third-order valence-corrected chi connectivity index (χ3v) is 6.60. The first-order chi connectivity index (χ1) is 17.6. The van der Waals surface area contributed by atoms with E-state index in [9.17, 15) is 14.7 Å². The van der Waals surface area contributed by atoms with Crippen LogP contribution in [0.5, 0.6) is 5.75 Å². The highest BCUT2D eigenvalue weighted by atomic mass is 35.5. The molecule has 0 aliphatic carbocycles. The van der Waals surface area contributed by atoms with Gasteiger partial charge in [0, 0.05) is 66.6 Å². The molecule has 1 aliphatic rings. The van der Waals surface area contributed by atoms with Crippen molar-refractivity contribution in [3.05, 3.63) is 75.0 Å². The largest absolute Gasteiger partial charge is 0.493 e. The number of aromatic carboxylic acids is 1. The van der Waals surface area contributed by atoms with Crippen molar-refractivity contribution in [2.75, 3.05) is 26.9 Å². The second-order valence-corrected chi connectivity index (χ2v) is 10.5. The van der Waals surface area contributed by atoms with E-state index in [2.05, 4.69) is 0 Å². The van der Waals surface area contributed by atoms with Crippen LogP contribution in [0.4, 0.5) is 0 Å². The minimum Gasteiger partial charge on any atom is -0.493 e. The molecule has 0 unspecified atom stereocenters. The predicted octanol–water partition coefficient (Wildman–Crippen LogP) is 5.86. The standard InChI is InChI=1S/C29H32ClNO6/c1-29(2,3)37-17-18-15-31-16-23(28(33)34)26(32)14-25(31)21-12-22(19-8-5-6-9-24(19)30)27(13-20(18)21)36-11-7-10-35-4/h5-6,8-9,12-14,16,18H,7,10-11,15,17H2,1-4H3,(H,33,34)/t18-/m1/s1. The Kier molecular flexibility index (Phi) is 8.07.